The van der Waals surface area contributed by atoms with Crippen molar-refractivity contribution >= 4 is 22.6 Å². The van der Waals surface area contributed by atoms with E-state index in [1.54, 1.807) is 0 Å². The van der Waals surface area contributed by atoms with Gasteiger partial charge >= 0.3 is 6.09 Å². The fourth-order valence-electron chi connectivity index (χ4n) is 1.86. The molecule has 0 aromatic carbocycles. The molecule has 1 amide bonds. The highest BCUT2D eigenvalue weighted by molar-refractivity contribution is 7.10. The third-order valence-electron chi connectivity index (χ3n) is 2.73. The predicted molar refractivity (Wildman–Crippen MR) is 58.1 cm³/mol. The van der Waals surface area contributed by atoms with E-state index in [1.165, 1.54) is 16.4 Å². The van der Waals surface area contributed by atoms with Crippen LogP contribution in [-0.2, 0) is 0 Å². The minimum Gasteiger partial charge on any atom is -0.465 e. The lowest BCUT2D eigenvalue weighted by Gasteiger charge is -2.28. The Labute approximate surface area is 91.7 Å². The number of anilines is 1. The van der Waals surface area contributed by atoms with Crippen LogP contribution in [0.15, 0.2) is 6.07 Å². The van der Waals surface area contributed by atoms with Crippen molar-refractivity contribution in [1.29, 1.82) is 0 Å². The summed E-state index contributed by atoms with van der Waals surface area (Å²) in [6.45, 7) is 1.19. The fraction of sp³-hybridized carbons (Fsp3) is 0.556. The molecule has 1 aliphatic rings. The number of rotatable bonds is 1. The third kappa shape index (κ3) is 2.20. The van der Waals surface area contributed by atoms with Gasteiger partial charge in [0.15, 0.2) is 0 Å². The summed E-state index contributed by atoms with van der Waals surface area (Å²) in [5, 5.41) is 9.52. The van der Waals surface area contributed by atoms with Gasteiger partial charge in [0.05, 0.1) is 5.69 Å². The summed E-state index contributed by atoms with van der Waals surface area (Å²) in [7, 11) is 0. The first-order valence-electron chi connectivity index (χ1n) is 4.87. The van der Waals surface area contributed by atoms with Gasteiger partial charge < -0.3 is 15.7 Å². The molecule has 3 N–H and O–H groups in total. The van der Waals surface area contributed by atoms with Crippen molar-refractivity contribution in [2.45, 2.75) is 18.8 Å². The normalized spacial score (nSPS) is 18.0. The number of hydrogen-bond donors (Lipinski definition) is 2. The number of nitrogens with two attached hydrogens (primary N) is 1. The SMILES string of the molecule is Nc1cc(C2CCN(C(=O)O)CC2)ns1. The highest BCUT2D eigenvalue weighted by Crippen LogP contribution is 2.29. The lowest BCUT2D eigenvalue weighted by atomic mass is 9.94. The Morgan fingerprint density at radius 1 is 1.60 bits per heavy atom. The molecule has 1 aliphatic heterocycles. The molecule has 2 rings (SSSR count). The van der Waals surface area contributed by atoms with E-state index in [-0.39, 0.29) is 0 Å². The van der Waals surface area contributed by atoms with Crippen molar-refractivity contribution in [3.63, 3.8) is 0 Å². The molecule has 0 saturated carbocycles. The first-order valence-corrected chi connectivity index (χ1v) is 5.64. The standard InChI is InChI=1S/C9H13N3O2S/c10-8-5-7(11-15-8)6-1-3-12(4-2-6)9(13)14/h5-6H,1-4,10H2,(H,13,14). The van der Waals surface area contributed by atoms with Crippen molar-refractivity contribution < 1.29 is 9.90 Å². The number of amides is 1. The quantitative estimate of drug-likeness (QED) is 0.763. The molecule has 0 atom stereocenters. The number of carbonyl (C=O) groups is 1. The van der Waals surface area contributed by atoms with E-state index in [9.17, 15) is 4.79 Å². The van der Waals surface area contributed by atoms with Gasteiger partial charge in [-0.3, -0.25) is 0 Å². The third-order valence-corrected chi connectivity index (χ3v) is 3.36. The zero-order valence-corrected chi connectivity index (χ0v) is 9.04. The number of aromatic nitrogens is 1. The minimum atomic E-state index is -0.828. The summed E-state index contributed by atoms with van der Waals surface area (Å²) < 4.78 is 4.26. The lowest BCUT2D eigenvalue weighted by molar-refractivity contribution is 0.132. The Kier molecular flexibility index (Phi) is 2.77. The topological polar surface area (TPSA) is 79.5 Å². The van der Waals surface area contributed by atoms with Crippen LogP contribution < -0.4 is 5.73 Å². The number of carboxylic acid groups (broad SMARTS) is 1. The van der Waals surface area contributed by atoms with Crippen LogP contribution in [0, 0.1) is 0 Å². The Hall–Kier alpha value is -1.30. The summed E-state index contributed by atoms with van der Waals surface area (Å²) in [5.41, 5.74) is 6.63. The number of likely N-dealkylation sites (tertiary alicyclic amines) is 1. The van der Waals surface area contributed by atoms with Gasteiger partial charge in [-0.2, -0.15) is 4.37 Å². The Balaban J connectivity index is 1.96. The van der Waals surface area contributed by atoms with E-state index >= 15 is 0 Å². The maximum atomic E-state index is 10.7. The predicted octanol–water partition coefficient (Wildman–Crippen LogP) is 1.58. The number of nitrogens with zero attached hydrogens (tertiary/aromatic N) is 2. The second kappa shape index (κ2) is 4.06. The molecule has 1 aromatic rings. The van der Waals surface area contributed by atoms with E-state index in [1.807, 2.05) is 6.07 Å². The van der Waals surface area contributed by atoms with Crippen molar-refractivity contribution in [1.82, 2.24) is 9.27 Å². The summed E-state index contributed by atoms with van der Waals surface area (Å²) >= 11 is 1.30. The Morgan fingerprint density at radius 3 is 2.73 bits per heavy atom. The highest BCUT2D eigenvalue weighted by atomic mass is 32.1. The largest absolute Gasteiger partial charge is 0.465 e. The number of piperidine rings is 1. The number of hydrogen-bond acceptors (Lipinski definition) is 4. The Bertz CT molecular complexity index is 358. The van der Waals surface area contributed by atoms with Gasteiger partial charge in [-0.25, -0.2) is 4.79 Å². The molecule has 6 heteroatoms. The zero-order valence-electron chi connectivity index (χ0n) is 8.22. The molecule has 82 valence electrons. The van der Waals surface area contributed by atoms with Crippen LogP contribution >= 0.6 is 11.5 Å². The first-order chi connectivity index (χ1) is 7.16. The molecule has 0 unspecified atom stereocenters. The maximum Gasteiger partial charge on any atom is 0.407 e. The molecule has 0 radical (unpaired) electrons. The average molecular weight is 227 g/mol. The summed E-state index contributed by atoms with van der Waals surface area (Å²) in [4.78, 5) is 12.1. The summed E-state index contributed by atoms with van der Waals surface area (Å²) in [6.07, 6.45) is 0.858. The maximum absolute atomic E-state index is 10.7. The molecule has 15 heavy (non-hydrogen) atoms. The average Bonchev–Trinajstić information content (AvgIpc) is 2.65. The molecule has 0 bridgehead atoms. The smallest absolute Gasteiger partial charge is 0.407 e. The molecule has 0 spiro atoms. The van der Waals surface area contributed by atoms with Crippen LogP contribution in [0.1, 0.15) is 24.5 Å². The van der Waals surface area contributed by atoms with Gasteiger partial charge in [-0.05, 0) is 30.4 Å². The van der Waals surface area contributed by atoms with Crippen molar-refractivity contribution in [2.75, 3.05) is 18.8 Å². The molecule has 0 aliphatic carbocycles. The fourth-order valence-corrected chi connectivity index (χ4v) is 2.45. The van der Waals surface area contributed by atoms with Crippen LogP contribution in [-0.4, -0.2) is 33.6 Å². The van der Waals surface area contributed by atoms with Gasteiger partial charge in [0.1, 0.15) is 5.00 Å². The molecular formula is C9H13N3O2S. The lowest BCUT2D eigenvalue weighted by Crippen LogP contribution is -2.36. The van der Waals surface area contributed by atoms with E-state index in [2.05, 4.69) is 4.37 Å². The van der Waals surface area contributed by atoms with E-state index < -0.39 is 6.09 Å². The van der Waals surface area contributed by atoms with Gasteiger partial charge in [0.25, 0.3) is 0 Å². The molecular weight excluding hydrogens is 214 g/mol. The van der Waals surface area contributed by atoms with Crippen LogP contribution in [0.25, 0.3) is 0 Å². The summed E-state index contributed by atoms with van der Waals surface area (Å²) in [5.74, 6) is 0.370. The molecule has 1 aromatic heterocycles. The van der Waals surface area contributed by atoms with Crippen LogP contribution in [0.2, 0.25) is 0 Å². The van der Waals surface area contributed by atoms with Gasteiger partial charge in [0.2, 0.25) is 0 Å². The Morgan fingerprint density at radius 2 is 2.27 bits per heavy atom. The van der Waals surface area contributed by atoms with Gasteiger partial charge in [0, 0.05) is 19.0 Å². The van der Waals surface area contributed by atoms with Gasteiger partial charge in [-0.1, -0.05) is 0 Å². The molecule has 5 nitrogen and oxygen atoms in total. The monoisotopic (exact) mass is 227 g/mol. The minimum absolute atomic E-state index is 0.370. The number of nitrogen functional groups attached to an aromatic ring is 1. The summed E-state index contributed by atoms with van der Waals surface area (Å²) in [6, 6.07) is 1.89. The second-order valence-corrected chi connectivity index (χ2v) is 4.53. The first kappa shape index (κ1) is 10.2. The van der Waals surface area contributed by atoms with E-state index in [4.69, 9.17) is 10.8 Å². The molecule has 2 heterocycles. The molecule has 1 fully saturated rings. The molecule has 1 saturated heterocycles. The van der Waals surface area contributed by atoms with E-state index in [0.717, 1.165) is 23.5 Å². The van der Waals surface area contributed by atoms with Crippen LogP contribution in [0.5, 0.6) is 0 Å². The van der Waals surface area contributed by atoms with Crippen molar-refractivity contribution in [3.8, 4) is 0 Å². The van der Waals surface area contributed by atoms with Crippen molar-refractivity contribution in [3.05, 3.63) is 11.8 Å². The van der Waals surface area contributed by atoms with Crippen LogP contribution in [0.3, 0.4) is 0 Å². The second-order valence-electron chi connectivity index (χ2n) is 3.70. The van der Waals surface area contributed by atoms with E-state index in [0.29, 0.717) is 19.0 Å². The highest BCUT2D eigenvalue weighted by Gasteiger charge is 2.24. The zero-order chi connectivity index (χ0) is 10.8. The van der Waals surface area contributed by atoms with Crippen molar-refractivity contribution in [2.24, 2.45) is 0 Å². The van der Waals surface area contributed by atoms with Crippen LogP contribution in [0.4, 0.5) is 9.80 Å². The van der Waals surface area contributed by atoms with Gasteiger partial charge in [-0.15, -0.1) is 0 Å².